The van der Waals surface area contributed by atoms with Crippen molar-refractivity contribution < 1.29 is 19.0 Å². The topological polar surface area (TPSA) is 44.8 Å². The Hall–Kier alpha value is -2.75. The van der Waals surface area contributed by atoms with Gasteiger partial charge in [0.15, 0.2) is 11.5 Å². The van der Waals surface area contributed by atoms with Crippen molar-refractivity contribution in [2.24, 2.45) is 0 Å². The lowest BCUT2D eigenvalue weighted by Crippen LogP contribution is -2.06. The first-order valence-electron chi connectivity index (χ1n) is 7.28. The van der Waals surface area contributed by atoms with Gasteiger partial charge in [0.2, 0.25) is 0 Å². The Morgan fingerprint density at radius 1 is 1.13 bits per heavy atom. The van der Waals surface area contributed by atoms with Crippen LogP contribution in [0.2, 0.25) is 0 Å². The number of ether oxygens (including phenoxy) is 3. The van der Waals surface area contributed by atoms with Crippen LogP contribution in [0.25, 0.3) is 0 Å². The molecule has 0 heterocycles. The van der Waals surface area contributed by atoms with E-state index in [-0.39, 0.29) is 6.61 Å². The molecule has 0 atom stereocenters. The summed E-state index contributed by atoms with van der Waals surface area (Å²) in [4.78, 5) is 11.8. The number of esters is 1. The molecule has 0 amide bonds. The number of carbonyl (C=O) groups is 1. The largest absolute Gasteiger partial charge is 0.493 e. The zero-order chi connectivity index (χ0) is 16.7. The van der Waals surface area contributed by atoms with Crippen LogP contribution in [-0.4, -0.2) is 19.7 Å². The number of hydrogen-bond acceptors (Lipinski definition) is 4. The second-order valence-electron chi connectivity index (χ2n) is 5.03. The first-order chi connectivity index (χ1) is 11.1. The highest BCUT2D eigenvalue weighted by molar-refractivity contribution is 5.90. The molecule has 0 bridgehead atoms. The number of carbonyl (C=O) groups excluding carboxylic acids is 1. The Bertz CT molecular complexity index is 674. The molecule has 2 aromatic carbocycles. The van der Waals surface area contributed by atoms with Crippen molar-refractivity contribution in [1.29, 1.82) is 0 Å². The Kier molecular flexibility index (Phi) is 5.80. The Morgan fingerprint density at radius 3 is 2.52 bits per heavy atom. The van der Waals surface area contributed by atoms with E-state index in [1.54, 1.807) is 18.2 Å². The van der Waals surface area contributed by atoms with Crippen LogP contribution >= 0.6 is 0 Å². The summed E-state index contributed by atoms with van der Waals surface area (Å²) in [7, 11) is 1.53. The van der Waals surface area contributed by atoms with Crippen LogP contribution in [0.5, 0.6) is 11.5 Å². The second kappa shape index (κ2) is 8.03. The van der Waals surface area contributed by atoms with Gasteiger partial charge >= 0.3 is 5.97 Å². The molecular formula is C19H20O4. The lowest BCUT2D eigenvalue weighted by atomic mass is 10.1. The molecule has 23 heavy (non-hydrogen) atoms. The zero-order valence-electron chi connectivity index (χ0n) is 13.4. The van der Waals surface area contributed by atoms with Crippen LogP contribution < -0.4 is 9.47 Å². The molecule has 120 valence electrons. The molecule has 0 saturated heterocycles. The van der Waals surface area contributed by atoms with E-state index in [4.69, 9.17) is 14.2 Å². The Morgan fingerprint density at radius 2 is 1.87 bits per heavy atom. The van der Waals surface area contributed by atoms with Crippen molar-refractivity contribution in [2.45, 2.75) is 13.5 Å². The van der Waals surface area contributed by atoms with Gasteiger partial charge in [0.05, 0.1) is 12.7 Å². The van der Waals surface area contributed by atoms with Crippen LogP contribution in [0.15, 0.2) is 55.1 Å². The van der Waals surface area contributed by atoms with E-state index in [1.807, 2.05) is 31.2 Å². The zero-order valence-corrected chi connectivity index (χ0v) is 13.4. The fourth-order valence-electron chi connectivity index (χ4n) is 1.98. The molecule has 0 fully saturated rings. The first kappa shape index (κ1) is 16.6. The van der Waals surface area contributed by atoms with Crippen molar-refractivity contribution in [3.63, 3.8) is 0 Å². The number of methoxy groups -OCH3 is 1. The quantitative estimate of drug-likeness (QED) is 0.574. The molecule has 0 aliphatic carbocycles. The van der Waals surface area contributed by atoms with Gasteiger partial charge < -0.3 is 14.2 Å². The number of rotatable bonds is 7. The van der Waals surface area contributed by atoms with Crippen molar-refractivity contribution in [1.82, 2.24) is 0 Å². The van der Waals surface area contributed by atoms with E-state index in [9.17, 15) is 4.79 Å². The van der Waals surface area contributed by atoms with E-state index in [0.29, 0.717) is 23.7 Å². The lowest BCUT2D eigenvalue weighted by molar-refractivity contribution is 0.0549. The fraction of sp³-hybridized carbons (Fsp3) is 0.211. The molecule has 2 aromatic rings. The highest BCUT2D eigenvalue weighted by atomic mass is 16.5. The van der Waals surface area contributed by atoms with Crippen LogP contribution in [0.4, 0.5) is 0 Å². The van der Waals surface area contributed by atoms with Crippen LogP contribution in [0, 0.1) is 6.92 Å². The van der Waals surface area contributed by atoms with Gasteiger partial charge in [0.25, 0.3) is 0 Å². The molecule has 4 heteroatoms. The molecule has 0 N–H and O–H groups in total. The highest BCUT2D eigenvalue weighted by Gasteiger charge is 2.12. The minimum atomic E-state index is -0.423. The van der Waals surface area contributed by atoms with Gasteiger partial charge in [-0.3, -0.25) is 0 Å². The van der Waals surface area contributed by atoms with E-state index in [2.05, 4.69) is 6.58 Å². The minimum absolute atomic E-state index is 0.173. The maximum absolute atomic E-state index is 11.8. The predicted octanol–water partition coefficient (Wildman–Crippen LogP) is 3.93. The van der Waals surface area contributed by atoms with E-state index < -0.39 is 5.97 Å². The van der Waals surface area contributed by atoms with Gasteiger partial charge in [-0.05, 0) is 30.7 Å². The molecule has 0 aliphatic heterocycles. The Balaban J connectivity index is 2.08. The molecule has 0 unspecified atom stereocenters. The molecule has 0 spiro atoms. The number of hydrogen-bond donors (Lipinski definition) is 0. The van der Waals surface area contributed by atoms with Crippen LogP contribution in [-0.2, 0) is 11.3 Å². The third kappa shape index (κ3) is 4.61. The van der Waals surface area contributed by atoms with Gasteiger partial charge in [0, 0.05) is 0 Å². The smallest absolute Gasteiger partial charge is 0.338 e. The Labute approximate surface area is 136 Å². The van der Waals surface area contributed by atoms with Gasteiger partial charge in [-0.25, -0.2) is 4.79 Å². The predicted molar refractivity (Wildman–Crippen MR) is 89.0 cm³/mol. The summed E-state index contributed by atoms with van der Waals surface area (Å²) in [5.74, 6) is 0.645. The third-order valence-electron chi connectivity index (χ3n) is 3.25. The van der Waals surface area contributed by atoms with Gasteiger partial charge in [-0.1, -0.05) is 42.5 Å². The van der Waals surface area contributed by atoms with E-state index >= 15 is 0 Å². The molecule has 2 rings (SSSR count). The second-order valence-corrected chi connectivity index (χ2v) is 5.03. The van der Waals surface area contributed by atoms with E-state index in [1.165, 1.54) is 18.7 Å². The highest BCUT2D eigenvalue weighted by Crippen LogP contribution is 2.29. The molecule has 0 aliphatic rings. The molecule has 4 nitrogen and oxygen atoms in total. The molecular weight excluding hydrogens is 292 g/mol. The van der Waals surface area contributed by atoms with Crippen molar-refractivity contribution in [3.05, 3.63) is 71.8 Å². The summed E-state index contributed by atoms with van der Waals surface area (Å²) in [6, 6.07) is 13.1. The summed E-state index contributed by atoms with van der Waals surface area (Å²) in [6.07, 6.45) is 1.52. The standard InChI is InChI=1S/C19H20O4/c1-4-11-22-19(20)16-9-10-17(18(12-16)21-3)23-13-15-7-5-14(2)6-8-15/h4-10,12H,1,11,13H2,2-3H3. The molecule has 0 radical (unpaired) electrons. The lowest BCUT2D eigenvalue weighted by Gasteiger charge is -2.12. The fourth-order valence-corrected chi connectivity index (χ4v) is 1.98. The third-order valence-corrected chi connectivity index (χ3v) is 3.25. The average Bonchev–Trinajstić information content (AvgIpc) is 2.59. The van der Waals surface area contributed by atoms with Gasteiger partial charge in [-0.15, -0.1) is 0 Å². The van der Waals surface area contributed by atoms with Gasteiger partial charge in [0.1, 0.15) is 13.2 Å². The molecule has 0 saturated carbocycles. The number of benzene rings is 2. The van der Waals surface area contributed by atoms with Crippen LogP contribution in [0.3, 0.4) is 0 Å². The van der Waals surface area contributed by atoms with Crippen molar-refractivity contribution >= 4 is 5.97 Å². The summed E-state index contributed by atoms with van der Waals surface area (Å²) >= 11 is 0. The van der Waals surface area contributed by atoms with Crippen molar-refractivity contribution in [3.8, 4) is 11.5 Å². The molecule has 0 aromatic heterocycles. The average molecular weight is 312 g/mol. The summed E-state index contributed by atoms with van der Waals surface area (Å²) < 4.78 is 16.1. The SMILES string of the molecule is C=CCOC(=O)c1ccc(OCc2ccc(C)cc2)c(OC)c1. The van der Waals surface area contributed by atoms with Crippen molar-refractivity contribution in [2.75, 3.05) is 13.7 Å². The monoisotopic (exact) mass is 312 g/mol. The summed E-state index contributed by atoms with van der Waals surface area (Å²) in [5, 5.41) is 0. The normalized spacial score (nSPS) is 10.0. The number of aryl methyl sites for hydroxylation is 1. The minimum Gasteiger partial charge on any atom is -0.493 e. The van der Waals surface area contributed by atoms with Gasteiger partial charge in [-0.2, -0.15) is 0 Å². The summed E-state index contributed by atoms with van der Waals surface area (Å²) in [6.45, 7) is 6.15. The van der Waals surface area contributed by atoms with E-state index in [0.717, 1.165) is 5.56 Å². The van der Waals surface area contributed by atoms with Crippen LogP contribution in [0.1, 0.15) is 21.5 Å². The summed E-state index contributed by atoms with van der Waals surface area (Å²) in [5.41, 5.74) is 2.67. The maximum Gasteiger partial charge on any atom is 0.338 e. The maximum atomic E-state index is 11.8. The first-order valence-corrected chi connectivity index (χ1v) is 7.28.